The van der Waals surface area contributed by atoms with Gasteiger partial charge in [0.25, 0.3) is 5.91 Å². The number of hydrogen-bond donors (Lipinski definition) is 0. The summed E-state index contributed by atoms with van der Waals surface area (Å²) in [6.45, 7) is 2.47. The van der Waals surface area contributed by atoms with Crippen molar-refractivity contribution in [2.75, 3.05) is 0 Å². The van der Waals surface area contributed by atoms with Crippen molar-refractivity contribution in [2.24, 2.45) is 4.99 Å². The molecule has 15 heavy (non-hydrogen) atoms. The van der Waals surface area contributed by atoms with Crippen LogP contribution in [0.5, 0.6) is 0 Å². The van der Waals surface area contributed by atoms with Gasteiger partial charge in [0, 0.05) is 5.57 Å². The molecule has 2 heterocycles. The van der Waals surface area contributed by atoms with Gasteiger partial charge in [0.1, 0.15) is 5.84 Å². The van der Waals surface area contributed by atoms with Crippen molar-refractivity contribution in [3.63, 3.8) is 0 Å². The Morgan fingerprint density at radius 2 is 2.13 bits per heavy atom. The third-order valence-corrected chi connectivity index (χ3v) is 2.76. The minimum absolute atomic E-state index is 0.0725. The number of aliphatic imine (C=N–C) groups is 1. The minimum Gasteiger partial charge on any atom is -0.288 e. The summed E-state index contributed by atoms with van der Waals surface area (Å²) in [5, 5.41) is 0. The van der Waals surface area contributed by atoms with Crippen LogP contribution in [-0.4, -0.2) is 16.6 Å². The fourth-order valence-electron chi connectivity index (χ4n) is 1.94. The van der Waals surface area contributed by atoms with E-state index in [2.05, 4.69) is 4.99 Å². The maximum atomic E-state index is 11.7. The Labute approximate surface area is 87.7 Å². The van der Waals surface area contributed by atoms with Crippen molar-refractivity contribution >= 4 is 17.4 Å². The number of carbonyl (C=O) groups excluding carboxylic acids is 1. The monoisotopic (exact) mass is 198 g/mol. The largest absolute Gasteiger partial charge is 0.288 e. The first-order chi connectivity index (χ1) is 7.25. The van der Waals surface area contributed by atoms with Crippen molar-refractivity contribution in [3.8, 4) is 0 Å². The number of amidine groups is 1. The molecule has 0 saturated carbocycles. The van der Waals surface area contributed by atoms with Gasteiger partial charge in [0.05, 0.1) is 12.2 Å². The number of amides is 1. The lowest BCUT2D eigenvalue weighted by molar-refractivity contribution is -0.123. The molecule has 3 rings (SSSR count). The number of para-hydroxylation sites is 1. The molecule has 0 fully saturated rings. The molecule has 74 valence electrons. The molecule has 0 saturated heterocycles. The van der Waals surface area contributed by atoms with Gasteiger partial charge in [-0.2, -0.15) is 0 Å². The van der Waals surface area contributed by atoms with Gasteiger partial charge in [0.15, 0.2) is 0 Å². The molecule has 0 spiro atoms. The van der Waals surface area contributed by atoms with E-state index in [0.717, 1.165) is 22.7 Å². The van der Waals surface area contributed by atoms with Gasteiger partial charge in [0.2, 0.25) is 0 Å². The number of fused-ring (bicyclic) bond motifs is 2. The van der Waals surface area contributed by atoms with Crippen LogP contribution in [0.25, 0.3) is 0 Å². The summed E-state index contributed by atoms with van der Waals surface area (Å²) < 4.78 is 0. The van der Waals surface area contributed by atoms with Crippen molar-refractivity contribution in [2.45, 2.75) is 13.5 Å². The van der Waals surface area contributed by atoms with Gasteiger partial charge < -0.3 is 0 Å². The predicted octanol–water partition coefficient (Wildman–Crippen LogP) is 2.02. The molecule has 1 aromatic carbocycles. The Morgan fingerprint density at radius 1 is 1.33 bits per heavy atom. The Bertz CT molecular complexity index is 514. The first-order valence-corrected chi connectivity index (χ1v) is 4.92. The van der Waals surface area contributed by atoms with Gasteiger partial charge in [-0.05, 0) is 24.6 Å². The maximum Gasteiger partial charge on any atom is 0.255 e. The van der Waals surface area contributed by atoms with Crippen molar-refractivity contribution in [1.82, 2.24) is 4.90 Å². The van der Waals surface area contributed by atoms with Crippen LogP contribution in [0.15, 0.2) is 40.9 Å². The first kappa shape index (κ1) is 8.41. The zero-order chi connectivity index (χ0) is 10.4. The molecular weight excluding hydrogens is 188 g/mol. The molecule has 1 amide bonds. The van der Waals surface area contributed by atoms with Crippen LogP contribution in [0, 0.1) is 0 Å². The second kappa shape index (κ2) is 2.79. The summed E-state index contributed by atoms with van der Waals surface area (Å²) in [6.07, 6.45) is 1.85. The molecule has 1 aromatic rings. The number of hydrogen-bond acceptors (Lipinski definition) is 2. The molecule has 2 aliphatic heterocycles. The van der Waals surface area contributed by atoms with Crippen LogP contribution >= 0.6 is 0 Å². The molecular formula is C12H10N2O. The number of benzene rings is 1. The Morgan fingerprint density at radius 3 is 3.00 bits per heavy atom. The zero-order valence-corrected chi connectivity index (χ0v) is 8.40. The second-order valence-electron chi connectivity index (χ2n) is 3.82. The average molecular weight is 198 g/mol. The second-order valence-corrected chi connectivity index (χ2v) is 3.82. The fraction of sp³-hybridized carbons (Fsp3) is 0.167. The third-order valence-electron chi connectivity index (χ3n) is 2.76. The highest BCUT2D eigenvalue weighted by Gasteiger charge is 2.29. The van der Waals surface area contributed by atoms with Gasteiger partial charge >= 0.3 is 0 Å². The molecule has 3 heteroatoms. The quantitative estimate of drug-likeness (QED) is 0.627. The Balaban J connectivity index is 2.14. The predicted molar refractivity (Wildman–Crippen MR) is 57.8 cm³/mol. The van der Waals surface area contributed by atoms with Crippen molar-refractivity contribution < 1.29 is 4.79 Å². The average Bonchev–Trinajstić information content (AvgIpc) is 2.52. The normalized spacial score (nSPS) is 18.2. The summed E-state index contributed by atoms with van der Waals surface area (Å²) in [6, 6.07) is 7.92. The highest BCUT2D eigenvalue weighted by Crippen LogP contribution is 2.29. The Hall–Kier alpha value is -1.90. The maximum absolute atomic E-state index is 11.7. The summed E-state index contributed by atoms with van der Waals surface area (Å²) >= 11 is 0. The van der Waals surface area contributed by atoms with Gasteiger partial charge in [-0.3, -0.25) is 9.69 Å². The molecule has 0 aromatic heterocycles. The molecule has 0 aliphatic carbocycles. The van der Waals surface area contributed by atoms with Crippen LogP contribution < -0.4 is 0 Å². The van der Waals surface area contributed by atoms with Crippen LogP contribution in [-0.2, 0) is 11.3 Å². The lowest BCUT2D eigenvalue weighted by atomic mass is 10.1. The molecule has 0 radical (unpaired) electrons. The fourth-order valence-corrected chi connectivity index (χ4v) is 1.94. The lowest BCUT2D eigenvalue weighted by Gasteiger charge is -2.22. The van der Waals surface area contributed by atoms with E-state index in [1.54, 1.807) is 4.90 Å². The summed E-state index contributed by atoms with van der Waals surface area (Å²) in [4.78, 5) is 17.9. The standard InChI is InChI=1S/C12H10N2O/c1-8-6-11-13-10-5-3-2-4-9(10)7-14(11)12(8)15/h2-6H,7H2,1H3. The summed E-state index contributed by atoms with van der Waals surface area (Å²) in [5.74, 6) is 0.847. The Kier molecular flexibility index (Phi) is 1.57. The number of carbonyl (C=O) groups is 1. The van der Waals surface area contributed by atoms with Gasteiger partial charge in [-0.15, -0.1) is 0 Å². The van der Waals surface area contributed by atoms with E-state index in [0.29, 0.717) is 6.54 Å². The first-order valence-electron chi connectivity index (χ1n) is 4.92. The lowest BCUT2D eigenvalue weighted by Crippen LogP contribution is -2.32. The van der Waals surface area contributed by atoms with Crippen LogP contribution in [0.2, 0.25) is 0 Å². The topological polar surface area (TPSA) is 32.7 Å². The van der Waals surface area contributed by atoms with Gasteiger partial charge in [-0.1, -0.05) is 18.2 Å². The smallest absolute Gasteiger partial charge is 0.255 e. The van der Waals surface area contributed by atoms with Crippen molar-refractivity contribution in [1.29, 1.82) is 0 Å². The number of rotatable bonds is 0. The molecule has 0 bridgehead atoms. The molecule has 0 unspecified atom stereocenters. The van der Waals surface area contributed by atoms with E-state index in [9.17, 15) is 4.79 Å². The minimum atomic E-state index is 0.0725. The molecule has 2 aliphatic rings. The molecule has 3 nitrogen and oxygen atoms in total. The van der Waals surface area contributed by atoms with Crippen LogP contribution in [0.4, 0.5) is 5.69 Å². The summed E-state index contributed by atoms with van der Waals surface area (Å²) in [5.41, 5.74) is 2.85. The van der Waals surface area contributed by atoms with Crippen LogP contribution in [0.1, 0.15) is 12.5 Å². The van der Waals surface area contributed by atoms with E-state index >= 15 is 0 Å². The van der Waals surface area contributed by atoms with E-state index in [1.807, 2.05) is 37.3 Å². The third kappa shape index (κ3) is 1.13. The van der Waals surface area contributed by atoms with Gasteiger partial charge in [-0.25, -0.2) is 4.99 Å². The highest BCUT2D eigenvalue weighted by atomic mass is 16.2. The number of nitrogens with zero attached hydrogens (tertiary/aromatic N) is 2. The molecule has 0 N–H and O–H groups in total. The molecule has 0 atom stereocenters. The van der Waals surface area contributed by atoms with E-state index in [-0.39, 0.29) is 5.91 Å². The zero-order valence-electron chi connectivity index (χ0n) is 8.40. The van der Waals surface area contributed by atoms with E-state index in [4.69, 9.17) is 0 Å². The van der Waals surface area contributed by atoms with E-state index in [1.165, 1.54) is 0 Å². The highest BCUT2D eigenvalue weighted by molar-refractivity contribution is 6.19. The summed E-state index contributed by atoms with van der Waals surface area (Å²) in [7, 11) is 0. The SMILES string of the molecule is CC1=CC2=Nc3ccccc3CN2C1=O. The van der Waals surface area contributed by atoms with Crippen molar-refractivity contribution in [3.05, 3.63) is 41.5 Å². The van der Waals surface area contributed by atoms with E-state index < -0.39 is 0 Å². The van der Waals surface area contributed by atoms with Crippen LogP contribution in [0.3, 0.4) is 0 Å².